The maximum atomic E-state index is 12.7. The Labute approximate surface area is 235 Å². The number of thioether (sulfide) groups is 1. The number of hydrogen-bond donors (Lipinski definition) is 1. The van der Waals surface area contributed by atoms with Gasteiger partial charge in [-0.15, -0.1) is 15.3 Å². The molecule has 0 aliphatic heterocycles. The lowest BCUT2D eigenvalue weighted by molar-refractivity contribution is -0.113. The number of sulfonamides is 1. The maximum absolute atomic E-state index is 12.7. The second-order valence-corrected chi connectivity index (χ2v) is 12.0. The molecular formula is C27H25N7O4S2. The summed E-state index contributed by atoms with van der Waals surface area (Å²) in [6, 6.07) is 23.5. The monoisotopic (exact) mass is 575 g/mol. The molecule has 0 aliphatic rings. The number of benzene rings is 3. The van der Waals surface area contributed by atoms with Gasteiger partial charge in [-0.05, 0) is 48.9 Å². The van der Waals surface area contributed by atoms with Crippen molar-refractivity contribution in [1.29, 1.82) is 0 Å². The van der Waals surface area contributed by atoms with Crippen LogP contribution in [0.3, 0.4) is 0 Å². The molecule has 13 heteroatoms. The SMILES string of the molecule is Cc1cccc(-n2c(SCC(=O)Nc3nnc(-c4ccccc4)o3)nnc2-c2cccc(S(=O)(=O)N(C)C)c2)c1. The predicted molar refractivity (Wildman–Crippen MR) is 151 cm³/mol. The largest absolute Gasteiger partial charge is 0.403 e. The molecule has 204 valence electrons. The maximum Gasteiger partial charge on any atom is 0.322 e. The standard InChI is InChI=1S/C27H25N7O4S2/c1-18-9-7-13-21(15-18)34-24(20-12-8-14-22(16-20)40(36,37)33(2)3)29-32-27(34)39-17-23(35)28-26-31-30-25(38-26)19-10-5-4-6-11-19/h4-16H,17H2,1-3H3,(H,28,31,35). The predicted octanol–water partition coefficient (Wildman–Crippen LogP) is 4.27. The van der Waals surface area contributed by atoms with E-state index in [1.54, 1.807) is 22.8 Å². The van der Waals surface area contributed by atoms with Gasteiger partial charge in [0.2, 0.25) is 21.8 Å². The molecule has 0 aliphatic carbocycles. The number of carbonyl (C=O) groups excluding carboxylic acids is 1. The van der Waals surface area contributed by atoms with Gasteiger partial charge in [-0.25, -0.2) is 12.7 Å². The number of carbonyl (C=O) groups is 1. The summed E-state index contributed by atoms with van der Waals surface area (Å²) in [7, 11) is -0.694. The van der Waals surface area contributed by atoms with Gasteiger partial charge in [0.1, 0.15) is 0 Å². The first-order valence-electron chi connectivity index (χ1n) is 12.1. The fourth-order valence-electron chi connectivity index (χ4n) is 3.81. The van der Waals surface area contributed by atoms with Crippen molar-refractivity contribution in [3.05, 3.63) is 84.4 Å². The number of anilines is 1. The summed E-state index contributed by atoms with van der Waals surface area (Å²) in [4.78, 5) is 12.9. The third-order valence-corrected chi connectivity index (χ3v) is 8.53. The molecule has 0 bridgehead atoms. The van der Waals surface area contributed by atoms with Crippen LogP contribution >= 0.6 is 11.8 Å². The van der Waals surface area contributed by atoms with E-state index in [-0.39, 0.29) is 22.6 Å². The van der Waals surface area contributed by atoms with Gasteiger partial charge in [0.15, 0.2) is 11.0 Å². The fourth-order valence-corrected chi connectivity index (χ4v) is 5.51. The number of aryl methyl sites for hydroxylation is 1. The average Bonchev–Trinajstić information content (AvgIpc) is 3.60. The summed E-state index contributed by atoms with van der Waals surface area (Å²) in [6.45, 7) is 1.96. The first-order chi connectivity index (χ1) is 19.2. The van der Waals surface area contributed by atoms with Gasteiger partial charge in [0.05, 0.1) is 10.6 Å². The molecule has 5 rings (SSSR count). The Bertz CT molecular complexity index is 1770. The van der Waals surface area contributed by atoms with E-state index in [0.717, 1.165) is 21.1 Å². The van der Waals surface area contributed by atoms with E-state index >= 15 is 0 Å². The van der Waals surface area contributed by atoms with Crippen LogP contribution in [0.2, 0.25) is 0 Å². The Hall–Kier alpha value is -4.33. The number of nitrogens with zero attached hydrogens (tertiary/aromatic N) is 6. The van der Waals surface area contributed by atoms with Gasteiger partial charge < -0.3 is 4.42 Å². The summed E-state index contributed by atoms with van der Waals surface area (Å²) in [5, 5.41) is 19.7. The minimum Gasteiger partial charge on any atom is -0.403 e. The van der Waals surface area contributed by atoms with E-state index in [2.05, 4.69) is 25.7 Å². The van der Waals surface area contributed by atoms with E-state index < -0.39 is 10.0 Å². The molecule has 0 saturated carbocycles. The molecule has 1 N–H and O–H groups in total. The van der Waals surface area contributed by atoms with Crippen molar-refractivity contribution >= 4 is 33.7 Å². The molecule has 40 heavy (non-hydrogen) atoms. The minimum atomic E-state index is -3.65. The topological polar surface area (TPSA) is 136 Å². The molecule has 0 spiro atoms. The Kier molecular flexibility index (Phi) is 7.78. The average molecular weight is 576 g/mol. The summed E-state index contributed by atoms with van der Waals surface area (Å²) < 4.78 is 34.0. The van der Waals surface area contributed by atoms with Crippen molar-refractivity contribution in [3.63, 3.8) is 0 Å². The lowest BCUT2D eigenvalue weighted by Crippen LogP contribution is -2.22. The number of rotatable bonds is 9. The van der Waals surface area contributed by atoms with Gasteiger partial charge in [-0.3, -0.25) is 14.7 Å². The van der Waals surface area contributed by atoms with Gasteiger partial charge in [-0.2, -0.15) is 0 Å². The van der Waals surface area contributed by atoms with Crippen LogP contribution in [0.15, 0.2) is 93.3 Å². The van der Waals surface area contributed by atoms with Crippen molar-refractivity contribution in [3.8, 4) is 28.5 Å². The molecule has 0 atom stereocenters. The zero-order valence-electron chi connectivity index (χ0n) is 21.8. The zero-order valence-corrected chi connectivity index (χ0v) is 23.5. The molecule has 0 fully saturated rings. The van der Waals surface area contributed by atoms with Crippen LogP contribution in [0, 0.1) is 6.92 Å². The number of aromatic nitrogens is 5. The first-order valence-corrected chi connectivity index (χ1v) is 14.5. The van der Waals surface area contributed by atoms with Crippen molar-refractivity contribution < 1.29 is 17.6 Å². The van der Waals surface area contributed by atoms with Crippen molar-refractivity contribution in [2.45, 2.75) is 17.0 Å². The highest BCUT2D eigenvalue weighted by Gasteiger charge is 2.22. The fraction of sp³-hybridized carbons (Fsp3) is 0.148. The van der Waals surface area contributed by atoms with Crippen LogP contribution in [-0.4, -0.2) is 63.4 Å². The van der Waals surface area contributed by atoms with Crippen LogP contribution in [0.1, 0.15) is 5.56 Å². The second kappa shape index (κ2) is 11.4. The molecule has 2 heterocycles. The van der Waals surface area contributed by atoms with E-state index in [0.29, 0.717) is 22.4 Å². The first kappa shape index (κ1) is 27.2. The summed E-state index contributed by atoms with van der Waals surface area (Å²) in [5.41, 5.74) is 3.09. The highest BCUT2D eigenvalue weighted by atomic mass is 32.2. The van der Waals surface area contributed by atoms with E-state index in [1.165, 1.54) is 31.9 Å². The second-order valence-electron chi connectivity index (χ2n) is 8.91. The van der Waals surface area contributed by atoms with Crippen molar-refractivity contribution in [1.82, 2.24) is 29.3 Å². The van der Waals surface area contributed by atoms with Crippen LogP contribution < -0.4 is 5.32 Å². The van der Waals surface area contributed by atoms with E-state index in [1.807, 2.05) is 61.5 Å². The van der Waals surface area contributed by atoms with Crippen LogP contribution in [0.5, 0.6) is 0 Å². The van der Waals surface area contributed by atoms with Gasteiger partial charge in [-0.1, -0.05) is 59.3 Å². The Morgan fingerprint density at radius 1 is 0.925 bits per heavy atom. The number of hydrogen-bond acceptors (Lipinski definition) is 9. The Balaban J connectivity index is 1.41. The van der Waals surface area contributed by atoms with Gasteiger partial charge in [0.25, 0.3) is 0 Å². The summed E-state index contributed by atoms with van der Waals surface area (Å²) in [6.07, 6.45) is 0. The molecule has 1 amide bonds. The normalized spacial score (nSPS) is 11.6. The van der Waals surface area contributed by atoms with Crippen LogP contribution in [0.25, 0.3) is 28.5 Å². The number of amides is 1. The highest BCUT2D eigenvalue weighted by molar-refractivity contribution is 7.99. The van der Waals surface area contributed by atoms with Crippen molar-refractivity contribution in [2.24, 2.45) is 0 Å². The molecule has 0 saturated heterocycles. The minimum absolute atomic E-state index is 0.00999. The highest BCUT2D eigenvalue weighted by Crippen LogP contribution is 2.30. The third kappa shape index (κ3) is 5.81. The van der Waals surface area contributed by atoms with E-state index in [9.17, 15) is 13.2 Å². The van der Waals surface area contributed by atoms with Gasteiger partial charge >= 0.3 is 6.01 Å². The third-order valence-electron chi connectivity index (χ3n) is 5.79. The smallest absolute Gasteiger partial charge is 0.322 e. The molecule has 11 nitrogen and oxygen atoms in total. The van der Waals surface area contributed by atoms with E-state index in [4.69, 9.17) is 4.42 Å². The molecular weight excluding hydrogens is 550 g/mol. The molecule has 0 unspecified atom stereocenters. The molecule has 3 aromatic carbocycles. The lowest BCUT2D eigenvalue weighted by Gasteiger charge is -2.14. The summed E-state index contributed by atoms with van der Waals surface area (Å²) >= 11 is 1.17. The van der Waals surface area contributed by atoms with Gasteiger partial charge in [0, 0.05) is 30.9 Å². The van der Waals surface area contributed by atoms with Crippen molar-refractivity contribution in [2.75, 3.05) is 25.2 Å². The quantitative estimate of drug-likeness (QED) is 0.256. The lowest BCUT2D eigenvalue weighted by atomic mass is 10.2. The molecule has 0 radical (unpaired) electrons. The van der Waals surface area contributed by atoms with Crippen LogP contribution in [0.4, 0.5) is 6.01 Å². The Morgan fingerprint density at radius 3 is 2.42 bits per heavy atom. The molecule has 5 aromatic rings. The van der Waals surface area contributed by atoms with Crippen LogP contribution in [-0.2, 0) is 14.8 Å². The zero-order chi connectivity index (χ0) is 28.3. The molecule has 2 aromatic heterocycles. The summed E-state index contributed by atoms with van der Waals surface area (Å²) in [5.74, 6) is 0.356. The Morgan fingerprint density at radius 2 is 1.68 bits per heavy atom. The number of nitrogens with one attached hydrogen (secondary N) is 1.